The first kappa shape index (κ1) is 17.1. The summed E-state index contributed by atoms with van der Waals surface area (Å²) in [5.74, 6) is -0.443. The molecule has 0 saturated heterocycles. The molecule has 3 aromatic rings. The van der Waals surface area contributed by atoms with E-state index < -0.39 is 0 Å². The number of carbonyl (C=O) groups excluding carboxylic acids is 1. The highest BCUT2D eigenvalue weighted by Crippen LogP contribution is 2.20. The van der Waals surface area contributed by atoms with Gasteiger partial charge in [0.2, 0.25) is 0 Å². The highest BCUT2D eigenvalue weighted by Gasteiger charge is 2.11. The van der Waals surface area contributed by atoms with Gasteiger partial charge in [-0.3, -0.25) is 4.79 Å². The molecule has 0 atom stereocenters. The minimum atomic E-state index is -0.364. The van der Waals surface area contributed by atoms with E-state index in [-0.39, 0.29) is 24.1 Å². The van der Waals surface area contributed by atoms with Crippen LogP contribution in [0.25, 0.3) is 0 Å². The van der Waals surface area contributed by atoms with Crippen LogP contribution in [0.3, 0.4) is 0 Å². The fourth-order valence-electron chi connectivity index (χ4n) is 2.13. The highest BCUT2D eigenvalue weighted by molar-refractivity contribution is 7.12. The molecule has 128 valence electrons. The quantitative estimate of drug-likeness (QED) is 0.683. The van der Waals surface area contributed by atoms with Crippen LogP contribution in [0.2, 0.25) is 0 Å². The Morgan fingerprint density at radius 2 is 1.88 bits per heavy atom. The SMILES string of the molecule is Cc1ccc(NC(=O)c2cc(COc3ccc(F)cc3)cs2)cc1F. The Hall–Kier alpha value is -2.73. The standard InChI is InChI=1S/C19H15F2NO2S/c1-12-2-5-15(9-17(12)21)22-19(23)18-8-13(11-25-18)10-24-16-6-3-14(20)4-7-16/h2-9,11H,10H2,1H3,(H,22,23). The van der Waals surface area contributed by atoms with Crippen molar-refractivity contribution in [3.8, 4) is 5.75 Å². The zero-order chi connectivity index (χ0) is 17.8. The summed E-state index contributed by atoms with van der Waals surface area (Å²) >= 11 is 1.28. The predicted molar refractivity (Wildman–Crippen MR) is 94.1 cm³/mol. The zero-order valence-corrected chi connectivity index (χ0v) is 14.2. The van der Waals surface area contributed by atoms with Crippen LogP contribution in [0.4, 0.5) is 14.5 Å². The second-order valence-electron chi connectivity index (χ2n) is 5.48. The highest BCUT2D eigenvalue weighted by atomic mass is 32.1. The largest absolute Gasteiger partial charge is 0.489 e. The number of ether oxygens (including phenoxy) is 1. The number of anilines is 1. The molecular formula is C19H15F2NO2S. The third-order valence-corrected chi connectivity index (χ3v) is 4.50. The second-order valence-corrected chi connectivity index (χ2v) is 6.39. The van der Waals surface area contributed by atoms with Crippen molar-refractivity contribution in [2.24, 2.45) is 0 Å². The average molecular weight is 359 g/mol. The number of hydrogen-bond donors (Lipinski definition) is 1. The summed E-state index contributed by atoms with van der Waals surface area (Å²) in [5, 5.41) is 4.48. The molecule has 25 heavy (non-hydrogen) atoms. The number of carbonyl (C=O) groups is 1. The molecule has 6 heteroatoms. The van der Waals surface area contributed by atoms with Crippen molar-refractivity contribution in [2.45, 2.75) is 13.5 Å². The summed E-state index contributed by atoms with van der Waals surface area (Å²) in [6.45, 7) is 1.93. The van der Waals surface area contributed by atoms with Crippen LogP contribution in [0, 0.1) is 18.6 Å². The van der Waals surface area contributed by atoms with Crippen molar-refractivity contribution in [3.05, 3.63) is 81.5 Å². The Morgan fingerprint density at radius 3 is 2.60 bits per heavy atom. The lowest BCUT2D eigenvalue weighted by Crippen LogP contribution is -2.10. The summed E-state index contributed by atoms with van der Waals surface area (Å²) in [6, 6.07) is 12.0. The van der Waals surface area contributed by atoms with Gasteiger partial charge in [0.15, 0.2) is 0 Å². The van der Waals surface area contributed by atoms with Crippen molar-refractivity contribution in [3.63, 3.8) is 0 Å². The molecule has 1 N–H and O–H groups in total. The van der Waals surface area contributed by atoms with Gasteiger partial charge in [-0.1, -0.05) is 6.07 Å². The van der Waals surface area contributed by atoms with E-state index in [1.54, 1.807) is 37.3 Å². The van der Waals surface area contributed by atoms with Crippen LogP contribution in [0.1, 0.15) is 20.8 Å². The molecule has 0 saturated carbocycles. The van der Waals surface area contributed by atoms with Crippen LogP contribution in [-0.2, 0) is 6.61 Å². The van der Waals surface area contributed by atoms with E-state index >= 15 is 0 Å². The first-order valence-corrected chi connectivity index (χ1v) is 8.42. The maximum absolute atomic E-state index is 13.5. The van der Waals surface area contributed by atoms with Gasteiger partial charge < -0.3 is 10.1 Å². The van der Waals surface area contributed by atoms with Gasteiger partial charge in [0, 0.05) is 11.3 Å². The van der Waals surface area contributed by atoms with Gasteiger partial charge in [0.05, 0.1) is 4.88 Å². The van der Waals surface area contributed by atoms with E-state index in [1.165, 1.54) is 29.5 Å². The molecule has 0 aliphatic rings. The molecule has 1 aromatic heterocycles. The van der Waals surface area contributed by atoms with Crippen molar-refractivity contribution < 1.29 is 18.3 Å². The molecule has 1 amide bonds. The van der Waals surface area contributed by atoms with Gasteiger partial charge in [-0.2, -0.15) is 0 Å². The molecule has 0 spiro atoms. The molecule has 0 aliphatic heterocycles. The van der Waals surface area contributed by atoms with Gasteiger partial charge in [0.25, 0.3) is 5.91 Å². The molecule has 0 unspecified atom stereocenters. The van der Waals surface area contributed by atoms with Crippen molar-refractivity contribution in [1.29, 1.82) is 0 Å². The summed E-state index contributed by atoms with van der Waals surface area (Å²) in [6.07, 6.45) is 0. The molecule has 3 rings (SSSR count). The number of benzene rings is 2. The topological polar surface area (TPSA) is 38.3 Å². The Labute approximate surface area is 147 Å². The third-order valence-electron chi connectivity index (χ3n) is 3.53. The zero-order valence-electron chi connectivity index (χ0n) is 13.4. The Balaban J connectivity index is 1.61. The summed E-state index contributed by atoms with van der Waals surface area (Å²) < 4.78 is 31.9. The molecule has 0 radical (unpaired) electrons. The van der Waals surface area contributed by atoms with E-state index in [4.69, 9.17) is 4.74 Å². The van der Waals surface area contributed by atoms with E-state index in [9.17, 15) is 13.6 Å². The summed E-state index contributed by atoms with van der Waals surface area (Å²) in [5.41, 5.74) is 1.76. The van der Waals surface area contributed by atoms with Gasteiger partial charge >= 0.3 is 0 Å². The molecule has 3 nitrogen and oxygen atoms in total. The van der Waals surface area contributed by atoms with Crippen LogP contribution in [-0.4, -0.2) is 5.91 Å². The van der Waals surface area contributed by atoms with E-state index in [2.05, 4.69) is 5.32 Å². The molecule has 0 fully saturated rings. The maximum Gasteiger partial charge on any atom is 0.265 e. The summed E-state index contributed by atoms with van der Waals surface area (Å²) in [4.78, 5) is 12.7. The van der Waals surface area contributed by atoms with Crippen LogP contribution >= 0.6 is 11.3 Å². The Bertz CT molecular complexity index is 891. The number of halogens is 2. The van der Waals surface area contributed by atoms with Crippen LogP contribution < -0.4 is 10.1 Å². The first-order valence-electron chi connectivity index (χ1n) is 7.54. The smallest absolute Gasteiger partial charge is 0.265 e. The molecule has 0 aliphatic carbocycles. The fraction of sp³-hybridized carbons (Fsp3) is 0.105. The number of hydrogen-bond acceptors (Lipinski definition) is 3. The number of thiophene rings is 1. The van der Waals surface area contributed by atoms with E-state index in [0.717, 1.165) is 5.56 Å². The minimum Gasteiger partial charge on any atom is -0.489 e. The maximum atomic E-state index is 13.5. The van der Waals surface area contributed by atoms with Gasteiger partial charge in [0.1, 0.15) is 24.0 Å². The fourth-order valence-corrected chi connectivity index (χ4v) is 2.92. The normalized spacial score (nSPS) is 10.5. The third kappa shape index (κ3) is 4.42. The monoisotopic (exact) mass is 359 g/mol. The molecule has 1 heterocycles. The Kier molecular flexibility index (Phi) is 5.09. The lowest BCUT2D eigenvalue weighted by Gasteiger charge is -2.05. The molecule has 0 bridgehead atoms. The lowest BCUT2D eigenvalue weighted by molar-refractivity contribution is 0.103. The Morgan fingerprint density at radius 1 is 1.12 bits per heavy atom. The molecule has 2 aromatic carbocycles. The minimum absolute atomic E-state index is 0.272. The number of amides is 1. The van der Waals surface area contributed by atoms with Gasteiger partial charge in [-0.15, -0.1) is 11.3 Å². The first-order chi connectivity index (χ1) is 12.0. The second kappa shape index (κ2) is 7.44. The van der Waals surface area contributed by atoms with Gasteiger partial charge in [-0.25, -0.2) is 8.78 Å². The van der Waals surface area contributed by atoms with E-state index in [1.807, 2.05) is 5.38 Å². The number of rotatable bonds is 5. The van der Waals surface area contributed by atoms with Crippen molar-refractivity contribution >= 4 is 22.9 Å². The van der Waals surface area contributed by atoms with Crippen LogP contribution in [0.5, 0.6) is 5.75 Å². The van der Waals surface area contributed by atoms with Crippen LogP contribution in [0.15, 0.2) is 53.9 Å². The van der Waals surface area contributed by atoms with E-state index in [0.29, 0.717) is 21.9 Å². The average Bonchev–Trinajstić information content (AvgIpc) is 3.07. The van der Waals surface area contributed by atoms with Crippen molar-refractivity contribution in [2.75, 3.05) is 5.32 Å². The lowest BCUT2D eigenvalue weighted by atomic mass is 10.2. The van der Waals surface area contributed by atoms with Crippen molar-refractivity contribution in [1.82, 2.24) is 0 Å². The number of nitrogens with one attached hydrogen (secondary N) is 1. The summed E-state index contributed by atoms with van der Waals surface area (Å²) in [7, 11) is 0. The molecular weight excluding hydrogens is 344 g/mol. The predicted octanol–water partition coefficient (Wildman–Crippen LogP) is 5.17. The van der Waals surface area contributed by atoms with Gasteiger partial charge in [-0.05, 0) is 60.3 Å². The number of aryl methyl sites for hydroxylation is 1.